The number of nitrogens with zero attached hydrogens (tertiary/aromatic N) is 1. The average molecular weight is 270 g/mol. The molecule has 6 nitrogen and oxygen atoms in total. The number of hydrogen-bond donors (Lipinski definition) is 1. The van der Waals surface area contributed by atoms with Crippen molar-refractivity contribution in [3.8, 4) is 0 Å². The number of carbonyl (C=O) groups excluding carboxylic acids is 2. The molecule has 2 fully saturated rings. The molecule has 19 heavy (non-hydrogen) atoms. The van der Waals surface area contributed by atoms with Crippen molar-refractivity contribution in [2.45, 2.75) is 44.4 Å². The summed E-state index contributed by atoms with van der Waals surface area (Å²) in [7, 11) is 1.65. The van der Waals surface area contributed by atoms with Crippen molar-refractivity contribution in [3.63, 3.8) is 0 Å². The molecule has 2 aliphatic rings. The minimum atomic E-state index is -0.330. The van der Waals surface area contributed by atoms with Crippen molar-refractivity contribution in [1.29, 1.82) is 0 Å². The summed E-state index contributed by atoms with van der Waals surface area (Å²) in [4.78, 5) is 25.7. The SMILES string of the molecule is CCOC(=O)CN(C(=O)C1CC(OC)CN1)C1CC1. The molecule has 1 aliphatic carbocycles. The molecule has 2 rings (SSSR count). The van der Waals surface area contributed by atoms with Gasteiger partial charge in [0, 0.05) is 19.7 Å². The third-order valence-electron chi connectivity index (χ3n) is 3.60. The fourth-order valence-electron chi connectivity index (χ4n) is 2.39. The highest BCUT2D eigenvalue weighted by atomic mass is 16.5. The van der Waals surface area contributed by atoms with Crippen LogP contribution >= 0.6 is 0 Å². The van der Waals surface area contributed by atoms with Gasteiger partial charge in [-0.3, -0.25) is 9.59 Å². The smallest absolute Gasteiger partial charge is 0.325 e. The van der Waals surface area contributed by atoms with Crippen molar-refractivity contribution < 1.29 is 19.1 Å². The standard InChI is InChI=1S/C13H22N2O4/c1-3-19-12(16)8-15(9-4-5-9)13(17)11-6-10(18-2)7-14-11/h9-11,14H,3-8H2,1-2H3. The Balaban J connectivity index is 1.91. The molecule has 0 spiro atoms. The molecule has 1 heterocycles. The summed E-state index contributed by atoms with van der Waals surface area (Å²) in [6.07, 6.45) is 2.70. The molecule has 1 saturated heterocycles. The quantitative estimate of drug-likeness (QED) is 0.684. The Morgan fingerprint density at radius 1 is 1.37 bits per heavy atom. The number of rotatable bonds is 6. The molecule has 1 aliphatic heterocycles. The zero-order valence-corrected chi connectivity index (χ0v) is 11.6. The van der Waals surface area contributed by atoms with E-state index in [9.17, 15) is 9.59 Å². The van der Waals surface area contributed by atoms with E-state index in [4.69, 9.17) is 9.47 Å². The number of esters is 1. The molecule has 1 N–H and O–H groups in total. The first-order chi connectivity index (χ1) is 9.15. The lowest BCUT2D eigenvalue weighted by Gasteiger charge is -2.24. The predicted molar refractivity (Wildman–Crippen MR) is 68.6 cm³/mol. The lowest BCUT2D eigenvalue weighted by Crippen LogP contribution is -2.47. The van der Waals surface area contributed by atoms with Crippen molar-refractivity contribution >= 4 is 11.9 Å². The van der Waals surface area contributed by atoms with Gasteiger partial charge < -0.3 is 19.7 Å². The van der Waals surface area contributed by atoms with Crippen LogP contribution in [0.1, 0.15) is 26.2 Å². The van der Waals surface area contributed by atoms with E-state index in [-0.39, 0.29) is 36.6 Å². The Morgan fingerprint density at radius 3 is 2.63 bits per heavy atom. The second kappa shape index (κ2) is 6.34. The van der Waals surface area contributed by atoms with Crippen LogP contribution in [-0.4, -0.2) is 61.8 Å². The molecule has 0 bridgehead atoms. The molecule has 1 amide bonds. The van der Waals surface area contributed by atoms with Gasteiger partial charge in [0.15, 0.2) is 0 Å². The van der Waals surface area contributed by atoms with Crippen LogP contribution < -0.4 is 5.32 Å². The Morgan fingerprint density at radius 2 is 2.11 bits per heavy atom. The zero-order valence-electron chi connectivity index (χ0n) is 11.6. The monoisotopic (exact) mass is 270 g/mol. The van der Waals surface area contributed by atoms with Crippen molar-refractivity contribution in [2.75, 3.05) is 26.8 Å². The number of amides is 1. The maximum atomic E-state index is 12.4. The van der Waals surface area contributed by atoms with Gasteiger partial charge in [0.25, 0.3) is 0 Å². The average Bonchev–Trinajstić information content (AvgIpc) is 3.12. The first-order valence-electron chi connectivity index (χ1n) is 6.88. The van der Waals surface area contributed by atoms with E-state index in [2.05, 4.69) is 5.32 Å². The summed E-state index contributed by atoms with van der Waals surface area (Å²) in [5.41, 5.74) is 0. The van der Waals surface area contributed by atoms with E-state index in [0.717, 1.165) is 12.8 Å². The molecule has 2 unspecified atom stereocenters. The van der Waals surface area contributed by atoms with Crippen LogP contribution in [-0.2, 0) is 19.1 Å². The Labute approximate surface area is 113 Å². The molecule has 0 aromatic carbocycles. The molecular formula is C13H22N2O4. The maximum absolute atomic E-state index is 12.4. The first-order valence-corrected chi connectivity index (χ1v) is 6.88. The van der Waals surface area contributed by atoms with Crippen LogP contribution in [0.4, 0.5) is 0 Å². The molecule has 2 atom stereocenters. The number of ether oxygens (including phenoxy) is 2. The second-order valence-electron chi connectivity index (χ2n) is 5.06. The first kappa shape index (κ1) is 14.3. The third-order valence-corrected chi connectivity index (χ3v) is 3.60. The Hall–Kier alpha value is -1.14. The van der Waals surface area contributed by atoms with Gasteiger partial charge in [0.1, 0.15) is 6.54 Å². The van der Waals surface area contributed by atoms with Crippen LogP contribution in [0.25, 0.3) is 0 Å². The van der Waals surface area contributed by atoms with Gasteiger partial charge in [0.2, 0.25) is 5.91 Å². The summed E-state index contributed by atoms with van der Waals surface area (Å²) >= 11 is 0. The summed E-state index contributed by atoms with van der Waals surface area (Å²) < 4.78 is 10.2. The molecule has 108 valence electrons. The van der Waals surface area contributed by atoms with Gasteiger partial charge in [-0.05, 0) is 26.2 Å². The lowest BCUT2D eigenvalue weighted by molar-refractivity contribution is -0.149. The van der Waals surface area contributed by atoms with Crippen LogP contribution in [0.2, 0.25) is 0 Å². The van der Waals surface area contributed by atoms with E-state index in [1.165, 1.54) is 0 Å². The zero-order chi connectivity index (χ0) is 13.8. The third kappa shape index (κ3) is 3.67. The van der Waals surface area contributed by atoms with Crippen molar-refractivity contribution in [2.24, 2.45) is 0 Å². The minimum absolute atomic E-state index is 0.00453. The van der Waals surface area contributed by atoms with Crippen LogP contribution in [0.3, 0.4) is 0 Å². The molecular weight excluding hydrogens is 248 g/mol. The van der Waals surface area contributed by atoms with Gasteiger partial charge >= 0.3 is 5.97 Å². The second-order valence-corrected chi connectivity index (χ2v) is 5.06. The largest absolute Gasteiger partial charge is 0.465 e. The Bertz CT molecular complexity index is 344. The minimum Gasteiger partial charge on any atom is -0.465 e. The highest BCUT2D eigenvalue weighted by Crippen LogP contribution is 2.28. The van der Waals surface area contributed by atoms with E-state index in [1.54, 1.807) is 18.9 Å². The van der Waals surface area contributed by atoms with Gasteiger partial charge in [-0.25, -0.2) is 0 Å². The highest BCUT2D eigenvalue weighted by molar-refractivity contribution is 5.86. The number of methoxy groups -OCH3 is 1. The van der Waals surface area contributed by atoms with Gasteiger partial charge in [0.05, 0.1) is 18.8 Å². The van der Waals surface area contributed by atoms with Gasteiger partial charge in [-0.1, -0.05) is 0 Å². The Kier molecular flexibility index (Phi) is 4.76. The van der Waals surface area contributed by atoms with Crippen molar-refractivity contribution in [1.82, 2.24) is 10.2 Å². The normalized spacial score (nSPS) is 26.2. The van der Waals surface area contributed by atoms with Crippen LogP contribution in [0, 0.1) is 0 Å². The van der Waals surface area contributed by atoms with E-state index >= 15 is 0 Å². The van der Waals surface area contributed by atoms with E-state index in [1.807, 2.05) is 0 Å². The lowest BCUT2D eigenvalue weighted by atomic mass is 10.1. The molecule has 0 aromatic heterocycles. The number of carbonyl (C=O) groups is 2. The highest BCUT2D eigenvalue weighted by Gasteiger charge is 2.39. The molecule has 1 saturated carbocycles. The molecule has 0 radical (unpaired) electrons. The van der Waals surface area contributed by atoms with Crippen LogP contribution in [0.15, 0.2) is 0 Å². The molecule has 6 heteroatoms. The number of nitrogens with one attached hydrogen (secondary N) is 1. The summed E-state index contributed by atoms with van der Waals surface area (Å²) in [5, 5.41) is 3.16. The van der Waals surface area contributed by atoms with E-state index < -0.39 is 0 Å². The predicted octanol–water partition coefficient (Wildman–Crippen LogP) is -0.0826. The summed E-state index contributed by atoms with van der Waals surface area (Å²) in [5.74, 6) is -0.334. The topological polar surface area (TPSA) is 67.9 Å². The summed E-state index contributed by atoms with van der Waals surface area (Å²) in [6.45, 7) is 2.86. The maximum Gasteiger partial charge on any atom is 0.325 e. The van der Waals surface area contributed by atoms with E-state index in [0.29, 0.717) is 19.6 Å². The molecule has 0 aromatic rings. The number of hydrogen-bond acceptors (Lipinski definition) is 5. The fraction of sp³-hybridized carbons (Fsp3) is 0.846. The van der Waals surface area contributed by atoms with Crippen molar-refractivity contribution in [3.05, 3.63) is 0 Å². The summed E-state index contributed by atoms with van der Waals surface area (Å²) in [6, 6.07) is -0.0275. The van der Waals surface area contributed by atoms with Gasteiger partial charge in [-0.2, -0.15) is 0 Å². The van der Waals surface area contributed by atoms with Gasteiger partial charge in [-0.15, -0.1) is 0 Å². The van der Waals surface area contributed by atoms with Crippen LogP contribution in [0.5, 0.6) is 0 Å². The fourth-order valence-corrected chi connectivity index (χ4v) is 2.39.